The van der Waals surface area contributed by atoms with E-state index in [4.69, 9.17) is 9.98 Å². The van der Waals surface area contributed by atoms with Gasteiger partial charge in [0, 0.05) is 41.3 Å². The molecule has 5 fully saturated rings. The van der Waals surface area contributed by atoms with Crippen LogP contribution < -0.4 is 5.32 Å². The molecule has 0 aromatic carbocycles. The number of amidine groups is 1. The van der Waals surface area contributed by atoms with E-state index >= 15 is 0 Å². The number of ketones is 1. The molecule has 0 aromatic rings. The van der Waals surface area contributed by atoms with Crippen LogP contribution in [-0.4, -0.2) is 36.0 Å². The van der Waals surface area contributed by atoms with Crippen molar-refractivity contribution in [1.29, 1.82) is 0 Å². The smallest absolute Gasteiger partial charge is 0.141 e. The molecule has 6 unspecified atom stereocenters. The molecule has 1 N–H and O–H groups in total. The normalized spacial score (nSPS) is 36.6. The van der Waals surface area contributed by atoms with Crippen LogP contribution in [0.25, 0.3) is 0 Å². The molecule has 0 amide bonds. The molecule has 0 aromatic heterocycles. The number of fused-ring (bicyclic) bond motifs is 2. The number of hydrogen-bond acceptors (Lipinski definition) is 4. The van der Waals surface area contributed by atoms with Crippen molar-refractivity contribution in [2.45, 2.75) is 206 Å². The van der Waals surface area contributed by atoms with Gasteiger partial charge >= 0.3 is 0 Å². The fourth-order valence-electron chi connectivity index (χ4n) is 11.7. The molecule has 4 nitrogen and oxygen atoms in total. The first kappa shape index (κ1) is 36.8. The summed E-state index contributed by atoms with van der Waals surface area (Å²) in [4.78, 5) is 25.3. The van der Waals surface area contributed by atoms with Crippen molar-refractivity contribution >= 4 is 17.3 Å². The second kappa shape index (κ2) is 19.0. The fraction of sp³-hybridized carbons (Fsp3) is 0.932. The first-order valence-corrected chi connectivity index (χ1v) is 22.1. The molecular formula is C44H75N3O. The molecule has 0 saturated heterocycles. The Morgan fingerprint density at radius 3 is 1.90 bits per heavy atom. The molecule has 48 heavy (non-hydrogen) atoms. The second-order valence-corrected chi connectivity index (χ2v) is 17.8. The Bertz CT molecular complexity index is 1030. The number of unbranched alkanes of at least 4 members (excludes halogenated alkanes) is 11. The summed E-state index contributed by atoms with van der Waals surface area (Å²) < 4.78 is 0. The van der Waals surface area contributed by atoms with E-state index in [9.17, 15) is 4.79 Å². The standard InChI is InChI=1S/C44H75N3O/c1-3-5-7-9-11-13-17-31-45-38-29-30-39-40-41(38)43(48)37-20-16-15-19-36(37)42(40)47-44(46-39)35-27-25-34(26-28-35)33-23-21-32(22-24-33)18-14-12-10-8-6-4-2/h32-41,45H,3-31H2,1-2H3. The van der Waals surface area contributed by atoms with E-state index in [2.05, 4.69) is 19.2 Å². The van der Waals surface area contributed by atoms with Gasteiger partial charge in [-0.2, -0.15) is 0 Å². The van der Waals surface area contributed by atoms with Gasteiger partial charge in [0.05, 0.1) is 6.04 Å². The number of carbonyl (C=O) groups excluding carboxylic acids is 1. The minimum absolute atomic E-state index is 0.114. The highest BCUT2D eigenvalue weighted by Crippen LogP contribution is 2.50. The van der Waals surface area contributed by atoms with Crippen molar-refractivity contribution in [1.82, 2.24) is 5.32 Å². The summed E-state index contributed by atoms with van der Waals surface area (Å²) in [6.45, 7) is 5.68. The maximum atomic E-state index is 14.2. The highest BCUT2D eigenvalue weighted by Gasteiger charge is 2.56. The van der Waals surface area contributed by atoms with Gasteiger partial charge in [0.25, 0.3) is 0 Å². The van der Waals surface area contributed by atoms with Crippen LogP contribution >= 0.6 is 0 Å². The molecule has 272 valence electrons. The SMILES string of the molecule is CCCCCCCCCNC1CCC2N=C(C3CCC(C4CCC(CCCCCCCC)CC4)CC3)N=C3C4CCCCC4C(=O)C1C32. The van der Waals surface area contributed by atoms with Crippen LogP contribution in [0, 0.1) is 47.3 Å². The molecule has 0 spiro atoms. The van der Waals surface area contributed by atoms with E-state index in [1.165, 1.54) is 172 Å². The summed E-state index contributed by atoms with van der Waals surface area (Å²) >= 11 is 0. The molecule has 5 saturated carbocycles. The summed E-state index contributed by atoms with van der Waals surface area (Å²) in [5.41, 5.74) is 1.45. The fourth-order valence-corrected chi connectivity index (χ4v) is 11.7. The third kappa shape index (κ3) is 9.25. The molecule has 4 heteroatoms. The topological polar surface area (TPSA) is 53.8 Å². The van der Waals surface area contributed by atoms with Crippen LogP contribution in [-0.2, 0) is 4.79 Å². The lowest BCUT2D eigenvalue weighted by Gasteiger charge is -2.52. The zero-order valence-electron chi connectivity index (χ0n) is 31.6. The zero-order chi connectivity index (χ0) is 33.1. The van der Waals surface area contributed by atoms with Crippen molar-refractivity contribution in [3.63, 3.8) is 0 Å². The van der Waals surface area contributed by atoms with Crippen LogP contribution in [0.3, 0.4) is 0 Å². The Morgan fingerprint density at radius 1 is 0.604 bits per heavy atom. The minimum atomic E-state index is 0.114. The average Bonchev–Trinajstić information content (AvgIpc) is 3.13. The second-order valence-electron chi connectivity index (χ2n) is 17.8. The largest absolute Gasteiger partial charge is 0.313 e. The average molecular weight is 662 g/mol. The van der Waals surface area contributed by atoms with Gasteiger partial charge in [0.1, 0.15) is 11.6 Å². The van der Waals surface area contributed by atoms with Gasteiger partial charge in [-0.25, -0.2) is 4.99 Å². The Hall–Kier alpha value is -1.03. The van der Waals surface area contributed by atoms with Crippen molar-refractivity contribution in [2.75, 3.05) is 6.54 Å². The monoisotopic (exact) mass is 662 g/mol. The highest BCUT2D eigenvalue weighted by atomic mass is 16.1. The van der Waals surface area contributed by atoms with E-state index in [-0.39, 0.29) is 17.8 Å². The van der Waals surface area contributed by atoms with Gasteiger partial charge in [0.15, 0.2) is 0 Å². The van der Waals surface area contributed by atoms with Crippen molar-refractivity contribution < 1.29 is 4.79 Å². The van der Waals surface area contributed by atoms with E-state index < -0.39 is 0 Å². The van der Waals surface area contributed by atoms with Gasteiger partial charge < -0.3 is 5.32 Å². The molecule has 5 aliphatic carbocycles. The van der Waals surface area contributed by atoms with E-state index in [1.807, 2.05) is 0 Å². The predicted molar refractivity (Wildman–Crippen MR) is 204 cm³/mol. The first-order chi connectivity index (χ1) is 23.7. The molecule has 6 atom stereocenters. The maximum Gasteiger partial charge on any atom is 0.141 e. The van der Waals surface area contributed by atoms with Gasteiger partial charge in [0.2, 0.25) is 0 Å². The summed E-state index contributed by atoms with van der Waals surface area (Å²) in [6.07, 6.45) is 37.9. The van der Waals surface area contributed by atoms with Gasteiger partial charge in [-0.3, -0.25) is 9.79 Å². The highest BCUT2D eigenvalue weighted by molar-refractivity contribution is 6.09. The van der Waals surface area contributed by atoms with Crippen LogP contribution in [0.5, 0.6) is 0 Å². The van der Waals surface area contributed by atoms with Gasteiger partial charge in [-0.15, -0.1) is 0 Å². The summed E-state index contributed by atoms with van der Waals surface area (Å²) in [5.74, 6) is 6.34. The number of carbonyl (C=O) groups is 1. The number of nitrogens with zero attached hydrogens (tertiary/aromatic N) is 2. The number of Topliss-reactive ketones (excluding diaryl/α,β-unsaturated/α-hetero) is 1. The van der Waals surface area contributed by atoms with Crippen LogP contribution in [0.2, 0.25) is 0 Å². The Morgan fingerprint density at radius 2 is 1.21 bits per heavy atom. The quantitative estimate of drug-likeness (QED) is 0.149. The Labute approximate surface area is 296 Å². The maximum absolute atomic E-state index is 14.2. The lowest BCUT2D eigenvalue weighted by atomic mass is 9.55. The number of hydrogen-bond donors (Lipinski definition) is 1. The lowest BCUT2D eigenvalue weighted by Crippen LogP contribution is -2.61. The third-order valence-corrected chi connectivity index (χ3v) is 14.6. The molecule has 0 bridgehead atoms. The Balaban J connectivity index is 1.00. The summed E-state index contributed by atoms with van der Waals surface area (Å²) in [6, 6.07) is 0.639. The first-order valence-electron chi connectivity index (χ1n) is 22.1. The van der Waals surface area contributed by atoms with Crippen molar-refractivity contribution in [3.05, 3.63) is 0 Å². The van der Waals surface area contributed by atoms with E-state index in [0.29, 0.717) is 29.7 Å². The third-order valence-electron chi connectivity index (χ3n) is 14.6. The molecule has 6 rings (SSSR count). The minimum Gasteiger partial charge on any atom is -0.313 e. The van der Waals surface area contributed by atoms with E-state index in [0.717, 1.165) is 43.6 Å². The van der Waals surface area contributed by atoms with Gasteiger partial charge in [-0.05, 0) is 94.9 Å². The Kier molecular flexibility index (Phi) is 14.5. The van der Waals surface area contributed by atoms with Crippen LogP contribution in [0.15, 0.2) is 9.98 Å². The number of aliphatic imine (C=N–C) groups is 2. The van der Waals surface area contributed by atoms with Crippen molar-refractivity contribution in [2.24, 2.45) is 57.3 Å². The predicted octanol–water partition coefficient (Wildman–Crippen LogP) is 11.7. The zero-order valence-corrected chi connectivity index (χ0v) is 31.6. The summed E-state index contributed by atoms with van der Waals surface area (Å²) in [5, 5.41) is 3.95. The lowest BCUT2D eigenvalue weighted by molar-refractivity contribution is -0.133. The number of nitrogens with one attached hydrogen (secondary N) is 1. The number of rotatable bonds is 18. The van der Waals surface area contributed by atoms with Crippen LogP contribution in [0.4, 0.5) is 0 Å². The van der Waals surface area contributed by atoms with Crippen LogP contribution in [0.1, 0.15) is 194 Å². The molecule has 0 radical (unpaired) electrons. The van der Waals surface area contributed by atoms with Crippen molar-refractivity contribution in [3.8, 4) is 0 Å². The van der Waals surface area contributed by atoms with E-state index in [1.54, 1.807) is 0 Å². The molecule has 1 aliphatic heterocycles. The van der Waals surface area contributed by atoms with Gasteiger partial charge in [-0.1, -0.05) is 123 Å². The molecular weight excluding hydrogens is 587 g/mol. The molecule has 1 heterocycles. The molecule has 6 aliphatic rings. The summed E-state index contributed by atoms with van der Waals surface area (Å²) in [7, 11) is 0.